The minimum Gasteiger partial charge on any atom is -0.352 e. The predicted octanol–water partition coefficient (Wildman–Crippen LogP) is 0.814. The van der Waals surface area contributed by atoms with Crippen LogP contribution in [-0.2, 0) is 0 Å². The van der Waals surface area contributed by atoms with Gasteiger partial charge in [0.1, 0.15) is 0 Å². The van der Waals surface area contributed by atoms with Crippen molar-refractivity contribution >= 4 is 17.5 Å². The summed E-state index contributed by atoms with van der Waals surface area (Å²) in [5.41, 5.74) is 5.69. The normalized spacial score (nSPS) is 9.86. The van der Waals surface area contributed by atoms with Gasteiger partial charge in [-0.3, -0.25) is 9.78 Å². The highest BCUT2D eigenvalue weighted by molar-refractivity contribution is 6.33. The van der Waals surface area contributed by atoms with E-state index in [1.807, 2.05) is 0 Å². The zero-order valence-electron chi connectivity index (χ0n) is 7.66. The molecule has 0 aromatic carbocycles. The maximum Gasteiger partial charge on any atom is 0.254 e. The molecule has 0 radical (unpaired) electrons. The van der Waals surface area contributed by atoms with Gasteiger partial charge in [-0.1, -0.05) is 11.6 Å². The van der Waals surface area contributed by atoms with Crippen LogP contribution in [0, 0.1) is 0 Å². The van der Waals surface area contributed by atoms with E-state index < -0.39 is 0 Å². The van der Waals surface area contributed by atoms with E-state index in [-0.39, 0.29) is 5.91 Å². The van der Waals surface area contributed by atoms with E-state index >= 15 is 0 Å². The van der Waals surface area contributed by atoms with Crippen molar-refractivity contribution in [3.05, 3.63) is 29.0 Å². The molecule has 1 rings (SSSR count). The Kier molecular flexibility index (Phi) is 4.35. The number of aromatic nitrogens is 1. The van der Waals surface area contributed by atoms with Gasteiger partial charge in [0, 0.05) is 18.9 Å². The van der Waals surface area contributed by atoms with Gasteiger partial charge in [-0.15, -0.1) is 0 Å². The topological polar surface area (TPSA) is 68.0 Å². The van der Waals surface area contributed by atoms with Crippen molar-refractivity contribution in [3.63, 3.8) is 0 Å². The van der Waals surface area contributed by atoms with Crippen LogP contribution in [0.3, 0.4) is 0 Å². The molecule has 0 spiro atoms. The molecule has 1 amide bonds. The summed E-state index contributed by atoms with van der Waals surface area (Å²) in [6.07, 6.45) is 3.74. The average molecular weight is 214 g/mol. The van der Waals surface area contributed by atoms with Crippen molar-refractivity contribution in [2.45, 2.75) is 6.42 Å². The van der Waals surface area contributed by atoms with Gasteiger partial charge in [0.25, 0.3) is 5.91 Å². The van der Waals surface area contributed by atoms with Crippen LogP contribution < -0.4 is 11.1 Å². The molecule has 5 heteroatoms. The smallest absolute Gasteiger partial charge is 0.254 e. The Morgan fingerprint density at radius 3 is 3.07 bits per heavy atom. The fraction of sp³-hybridized carbons (Fsp3) is 0.333. The third-order valence-corrected chi connectivity index (χ3v) is 2.01. The van der Waals surface area contributed by atoms with Crippen LogP contribution in [-0.4, -0.2) is 24.0 Å². The molecule has 0 fully saturated rings. The number of amides is 1. The van der Waals surface area contributed by atoms with Gasteiger partial charge in [0.2, 0.25) is 0 Å². The predicted molar refractivity (Wildman–Crippen MR) is 55.3 cm³/mol. The zero-order valence-corrected chi connectivity index (χ0v) is 8.42. The molecule has 1 aromatic heterocycles. The average Bonchev–Trinajstić information content (AvgIpc) is 2.18. The maximum atomic E-state index is 11.5. The van der Waals surface area contributed by atoms with E-state index in [0.29, 0.717) is 23.7 Å². The van der Waals surface area contributed by atoms with Gasteiger partial charge < -0.3 is 11.1 Å². The summed E-state index contributed by atoms with van der Waals surface area (Å²) < 4.78 is 0. The molecule has 14 heavy (non-hydrogen) atoms. The molecular weight excluding hydrogens is 202 g/mol. The SMILES string of the molecule is NCCCNC(=O)c1cnccc1Cl. The van der Waals surface area contributed by atoms with Gasteiger partial charge in [0.05, 0.1) is 10.6 Å². The number of hydrogen-bond acceptors (Lipinski definition) is 3. The van der Waals surface area contributed by atoms with Crippen LogP contribution in [0.25, 0.3) is 0 Å². The first-order chi connectivity index (χ1) is 6.75. The standard InChI is InChI=1S/C9H12ClN3O/c10-8-2-5-12-6-7(8)9(14)13-4-1-3-11/h2,5-6H,1,3-4,11H2,(H,13,14). The van der Waals surface area contributed by atoms with Crippen LogP contribution in [0.5, 0.6) is 0 Å². The van der Waals surface area contributed by atoms with Crippen LogP contribution >= 0.6 is 11.6 Å². The summed E-state index contributed by atoms with van der Waals surface area (Å²) in [6.45, 7) is 1.11. The molecule has 0 aliphatic carbocycles. The van der Waals surface area contributed by atoms with Gasteiger partial charge >= 0.3 is 0 Å². The molecule has 0 bridgehead atoms. The maximum absolute atomic E-state index is 11.5. The van der Waals surface area contributed by atoms with E-state index in [9.17, 15) is 4.79 Å². The summed E-state index contributed by atoms with van der Waals surface area (Å²) in [5.74, 6) is -0.212. The summed E-state index contributed by atoms with van der Waals surface area (Å²) in [4.78, 5) is 15.3. The fourth-order valence-corrected chi connectivity index (χ4v) is 1.13. The van der Waals surface area contributed by atoms with Crippen LogP contribution in [0.1, 0.15) is 16.8 Å². The Balaban J connectivity index is 2.56. The first-order valence-electron chi connectivity index (χ1n) is 4.33. The van der Waals surface area contributed by atoms with Crippen LogP contribution in [0.15, 0.2) is 18.5 Å². The lowest BCUT2D eigenvalue weighted by molar-refractivity contribution is 0.0953. The number of rotatable bonds is 4. The summed E-state index contributed by atoms with van der Waals surface area (Å²) in [6, 6.07) is 1.58. The van der Waals surface area contributed by atoms with E-state index in [0.717, 1.165) is 6.42 Å². The molecular formula is C9H12ClN3O. The minimum absolute atomic E-state index is 0.212. The number of halogens is 1. The molecule has 3 N–H and O–H groups in total. The van der Waals surface area contributed by atoms with Crippen molar-refractivity contribution in [2.75, 3.05) is 13.1 Å². The number of carbonyl (C=O) groups excluding carboxylic acids is 1. The fourth-order valence-electron chi connectivity index (χ4n) is 0.944. The zero-order chi connectivity index (χ0) is 10.4. The molecule has 0 aliphatic heterocycles. The number of pyridine rings is 1. The highest BCUT2D eigenvalue weighted by Gasteiger charge is 2.08. The first kappa shape index (κ1) is 10.9. The Morgan fingerprint density at radius 2 is 2.43 bits per heavy atom. The van der Waals surface area contributed by atoms with Crippen molar-refractivity contribution in [1.82, 2.24) is 10.3 Å². The molecule has 0 saturated carbocycles. The van der Waals surface area contributed by atoms with Gasteiger partial charge in [-0.2, -0.15) is 0 Å². The van der Waals surface area contributed by atoms with E-state index in [1.54, 1.807) is 12.3 Å². The lowest BCUT2D eigenvalue weighted by Crippen LogP contribution is -2.26. The summed E-state index contributed by atoms with van der Waals surface area (Å²) >= 11 is 5.81. The Hall–Kier alpha value is -1.13. The minimum atomic E-state index is -0.212. The molecule has 0 saturated heterocycles. The molecule has 0 aliphatic rings. The highest BCUT2D eigenvalue weighted by Crippen LogP contribution is 2.12. The second-order valence-electron chi connectivity index (χ2n) is 2.75. The first-order valence-corrected chi connectivity index (χ1v) is 4.71. The quantitative estimate of drug-likeness (QED) is 0.728. The molecule has 1 aromatic rings. The monoisotopic (exact) mass is 213 g/mol. The highest BCUT2D eigenvalue weighted by atomic mass is 35.5. The largest absolute Gasteiger partial charge is 0.352 e. The lowest BCUT2D eigenvalue weighted by atomic mass is 10.2. The second-order valence-corrected chi connectivity index (χ2v) is 3.16. The van der Waals surface area contributed by atoms with E-state index in [4.69, 9.17) is 17.3 Å². The molecule has 1 heterocycles. The number of nitrogens with one attached hydrogen (secondary N) is 1. The third kappa shape index (κ3) is 2.97. The van der Waals surface area contributed by atoms with Crippen molar-refractivity contribution in [1.29, 1.82) is 0 Å². The Morgan fingerprint density at radius 1 is 1.64 bits per heavy atom. The van der Waals surface area contributed by atoms with Gasteiger partial charge in [-0.05, 0) is 19.0 Å². The van der Waals surface area contributed by atoms with Crippen LogP contribution in [0.2, 0.25) is 5.02 Å². The third-order valence-electron chi connectivity index (χ3n) is 1.68. The van der Waals surface area contributed by atoms with Gasteiger partial charge in [0.15, 0.2) is 0 Å². The van der Waals surface area contributed by atoms with Crippen molar-refractivity contribution in [3.8, 4) is 0 Å². The summed E-state index contributed by atoms with van der Waals surface area (Å²) in [5, 5.41) is 3.10. The number of carbonyl (C=O) groups is 1. The van der Waals surface area contributed by atoms with Crippen molar-refractivity contribution in [2.24, 2.45) is 5.73 Å². The van der Waals surface area contributed by atoms with Crippen LogP contribution in [0.4, 0.5) is 0 Å². The number of nitrogens with zero attached hydrogens (tertiary/aromatic N) is 1. The lowest BCUT2D eigenvalue weighted by Gasteiger charge is -2.04. The van der Waals surface area contributed by atoms with Crippen molar-refractivity contribution < 1.29 is 4.79 Å². The second kappa shape index (κ2) is 5.57. The van der Waals surface area contributed by atoms with Gasteiger partial charge in [-0.25, -0.2) is 0 Å². The number of hydrogen-bond donors (Lipinski definition) is 2. The van der Waals surface area contributed by atoms with E-state index in [1.165, 1.54) is 6.20 Å². The molecule has 0 unspecified atom stereocenters. The Bertz CT molecular complexity index is 317. The summed E-state index contributed by atoms with van der Waals surface area (Å²) in [7, 11) is 0. The van der Waals surface area contributed by atoms with E-state index in [2.05, 4.69) is 10.3 Å². The molecule has 0 atom stereocenters. The number of nitrogens with two attached hydrogens (primary N) is 1. The molecule has 76 valence electrons. The molecule has 4 nitrogen and oxygen atoms in total. The Labute approximate surface area is 87.5 Å².